The number of nitrogen functional groups attached to an aromatic ring is 1. The van der Waals surface area contributed by atoms with E-state index in [2.05, 4.69) is 10.3 Å². The van der Waals surface area contributed by atoms with Gasteiger partial charge in [-0.15, -0.1) is 0 Å². The summed E-state index contributed by atoms with van der Waals surface area (Å²) in [5, 5.41) is 13.0. The molecule has 0 radical (unpaired) electrons. The largest absolute Gasteiger partial charge is 0.396 e. The molecule has 0 aliphatic rings. The zero-order chi connectivity index (χ0) is 13.0. The smallest absolute Gasteiger partial charge is 0.149 e. The summed E-state index contributed by atoms with van der Waals surface area (Å²) in [4.78, 5) is 4.11. The van der Waals surface area contributed by atoms with Crippen molar-refractivity contribution in [1.82, 2.24) is 4.98 Å². The summed E-state index contributed by atoms with van der Waals surface area (Å²) < 4.78 is 0. The molecule has 1 heterocycles. The Morgan fingerprint density at radius 1 is 1.33 bits per heavy atom. The summed E-state index contributed by atoms with van der Waals surface area (Å²) >= 11 is 5.78. The van der Waals surface area contributed by atoms with Crippen molar-refractivity contribution in [3.8, 4) is 0 Å². The number of aromatic nitrogens is 1. The first-order chi connectivity index (χ1) is 8.70. The number of hydrogen-bond acceptors (Lipinski definition) is 4. The Morgan fingerprint density at radius 2 is 2.06 bits per heavy atom. The molecule has 2 aromatic rings. The molecule has 1 aromatic heterocycles. The average molecular weight is 264 g/mol. The van der Waals surface area contributed by atoms with Crippen molar-refractivity contribution < 1.29 is 5.11 Å². The number of nitrogens with two attached hydrogens (primary N) is 1. The number of pyridine rings is 1. The summed E-state index contributed by atoms with van der Waals surface area (Å²) in [6.45, 7) is -0.0479. The van der Waals surface area contributed by atoms with Crippen LogP contribution in [0.2, 0.25) is 5.02 Å². The number of hydrogen-bond donors (Lipinski definition) is 3. The van der Waals surface area contributed by atoms with Gasteiger partial charge in [0.1, 0.15) is 5.82 Å². The molecule has 1 atom stereocenters. The topological polar surface area (TPSA) is 71.2 Å². The quantitative estimate of drug-likeness (QED) is 0.792. The molecule has 0 fully saturated rings. The van der Waals surface area contributed by atoms with Gasteiger partial charge in [0, 0.05) is 6.20 Å². The fraction of sp³-hybridized carbons (Fsp3) is 0.154. The minimum Gasteiger partial charge on any atom is -0.396 e. The second-order valence-electron chi connectivity index (χ2n) is 3.88. The van der Waals surface area contributed by atoms with Crippen LogP contribution in [0.15, 0.2) is 42.6 Å². The maximum atomic E-state index is 9.43. The monoisotopic (exact) mass is 263 g/mol. The van der Waals surface area contributed by atoms with Crippen LogP contribution in [-0.2, 0) is 0 Å². The van der Waals surface area contributed by atoms with Crippen LogP contribution in [0.5, 0.6) is 0 Å². The average Bonchev–Trinajstić information content (AvgIpc) is 2.39. The van der Waals surface area contributed by atoms with Crippen LogP contribution in [0.4, 0.5) is 11.5 Å². The van der Waals surface area contributed by atoms with E-state index < -0.39 is 0 Å². The molecule has 0 bridgehead atoms. The highest BCUT2D eigenvalue weighted by Gasteiger charge is 2.12. The van der Waals surface area contributed by atoms with Crippen molar-refractivity contribution in [2.24, 2.45) is 0 Å². The number of benzene rings is 1. The van der Waals surface area contributed by atoms with Crippen LogP contribution in [-0.4, -0.2) is 16.7 Å². The second kappa shape index (κ2) is 5.71. The van der Waals surface area contributed by atoms with Gasteiger partial charge in [0.05, 0.1) is 23.4 Å². The number of aliphatic hydroxyl groups is 1. The fourth-order valence-electron chi connectivity index (χ4n) is 1.66. The van der Waals surface area contributed by atoms with Gasteiger partial charge in [0.2, 0.25) is 0 Å². The van der Waals surface area contributed by atoms with Gasteiger partial charge in [-0.1, -0.05) is 41.9 Å². The molecule has 18 heavy (non-hydrogen) atoms. The maximum Gasteiger partial charge on any atom is 0.149 e. The highest BCUT2D eigenvalue weighted by molar-refractivity contribution is 6.30. The number of aliphatic hydroxyl groups excluding tert-OH is 1. The zero-order valence-corrected chi connectivity index (χ0v) is 10.4. The lowest BCUT2D eigenvalue weighted by atomic mass is 10.1. The van der Waals surface area contributed by atoms with Crippen LogP contribution < -0.4 is 11.1 Å². The van der Waals surface area contributed by atoms with E-state index in [-0.39, 0.29) is 12.6 Å². The van der Waals surface area contributed by atoms with Gasteiger partial charge in [0.15, 0.2) is 0 Å². The van der Waals surface area contributed by atoms with Crippen molar-refractivity contribution in [2.75, 3.05) is 17.7 Å². The lowest BCUT2D eigenvalue weighted by Gasteiger charge is -2.18. The normalized spacial score (nSPS) is 12.1. The third-order valence-electron chi connectivity index (χ3n) is 2.58. The molecule has 0 saturated heterocycles. The number of rotatable bonds is 4. The third-order valence-corrected chi connectivity index (χ3v) is 2.79. The lowest BCUT2D eigenvalue weighted by Crippen LogP contribution is -2.16. The molecule has 0 aliphatic carbocycles. The number of nitrogens with one attached hydrogen (secondary N) is 1. The van der Waals surface area contributed by atoms with Crippen molar-refractivity contribution >= 4 is 23.1 Å². The first-order valence-electron chi connectivity index (χ1n) is 5.54. The van der Waals surface area contributed by atoms with Crippen molar-refractivity contribution in [3.05, 3.63) is 53.2 Å². The van der Waals surface area contributed by atoms with Crippen molar-refractivity contribution in [2.45, 2.75) is 6.04 Å². The predicted molar refractivity (Wildman–Crippen MR) is 73.6 cm³/mol. The molecule has 0 saturated carbocycles. The molecule has 2 rings (SSSR count). The summed E-state index contributed by atoms with van der Waals surface area (Å²) in [5.74, 6) is 0.516. The van der Waals surface area contributed by atoms with Gasteiger partial charge in [-0.25, -0.2) is 4.98 Å². The Morgan fingerprint density at radius 3 is 2.67 bits per heavy atom. The molecule has 0 aliphatic heterocycles. The molecule has 0 spiro atoms. The summed E-state index contributed by atoms with van der Waals surface area (Å²) in [6.07, 6.45) is 1.51. The van der Waals surface area contributed by atoms with Crippen LogP contribution in [0.3, 0.4) is 0 Å². The Hall–Kier alpha value is -1.78. The molecular formula is C13H14ClN3O. The molecule has 5 heteroatoms. The van der Waals surface area contributed by atoms with Crippen molar-refractivity contribution in [3.63, 3.8) is 0 Å². The van der Waals surface area contributed by atoms with Gasteiger partial charge in [0.25, 0.3) is 0 Å². The molecular weight excluding hydrogens is 250 g/mol. The maximum absolute atomic E-state index is 9.43. The first kappa shape index (κ1) is 12.7. The highest BCUT2D eigenvalue weighted by atomic mass is 35.5. The van der Waals surface area contributed by atoms with E-state index in [9.17, 15) is 5.11 Å². The van der Waals surface area contributed by atoms with Crippen molar-refractivity contribution in [1.29, 1.82) is 0 Å². The number of nitrogens with zero attached hydrogens (tertiary/aromatic N) is 1. The van der Waals surface area contributed by atoms with E-state index in [0.29, 0.717) is 16.5 Å². The van der Waals surface area contributed by atoms with Gasteiger partial charge in [-0.3, -0.25) is 0 Å². The van der Waals surface area contributed by atoms with Crippen LogP contribution in [0.1, 0.15) is 11.6 Å². The molecule has 1 unspecified atom stereocenters. The number of anilines is 2. The zero-order valence-electron chi connectivity index (χ0n) is 9.68. The first-order valence-corrected chi connectivity index (χ1v) is 5.92. The Bertz CT molecular complexity index is 519. The minimum atomic E-state index is -0.248. The van der Waals surface area contributed by atoms with Crippen LogP contribution in [0, 0.1) is 0 Å². The number of halogens is 1. The molecule has 0 amide bonds. The van der Waals surface area contributed by atoms with E-state index in [4.69, 9.17) is 17.3 Å². The predicted octanol–water partition coefficient (Wildman–Crippen LogP) is 2.46. The van der Waals surface area contributed by atoms with E-state index in [0.717, 1.165) is 5.56 Å². The van der Waals surface area contributed by atoms with E-state index >= 15 is 0 Å². The molecule has 4 N–H and O–H groups in total. The Kier molecular flexibility index (Phi) is 4.02. The third kappa shape index (κ3) is 2.91. The van der Waals surface area contributed by atoms with Gasteiger partial charge >= 0.3 is 0 Å². The van der Waals surface area contributed by atoms with Gasteiger partial charge < -0.3 is 16.2 Å². The Balaban J connectivity index is 2.21. The Labute approximate surface area is 110 Å². The standard InChI is InChI=1S/C13H14ClN3O/c14-10-6-11(15)13(16-7-10)17-12(8-18)9-4-2-1-3-5-9/h1-7,12,18H,8,15H2,(H,16,17). The summed E-state index contributed by atoms with van der Waals surface area (Å²) in [6, 6.07) is 11.0. The summed E-state index contributed by atoms with van der Waals surface area (Å²) in [5.41, 5.74) is 7.24. The second-order valence-corrected chi connectivity index (χ2v) is 4.32. The summed E-state index contributed by atoms with van der Waals surface area (Å²) in [7, 11) is 0. The van der Waals surface area contributed by atoms with Crippen LogP contribution in [0.25, 0.3) is 0 Å². The van der Waals surface area contributed by atoms with E-state index in [1.807, 2.05) is 30.3 Å². The molecule has 94 valence electrons. The highest BCUT2D eigenvalue weighted by Crippen LogP contribution is 2.24. The molecule has 1 aromatic carbocycles. The van der Waals surface area contributed by atoms with Gasteiger partial charge in [-0.2, -0.15) is 0 Å². The fourth-order valence-corrected chi connectivity index (χ4v) is 1.83. The lowest BCUT2D eigenvalue weighted by molar-refractivity contribution is 0.276. The SMILES string of the molecule is Nc1cc(Cl)cnc1NC(CO)c1ccccc1. The van der Waals surface area contributed by atoms with E-state index in [1.54, 1.807) is 6.07 Å². The van der Waals surface area contributed by atoms with Crippen LogP contribution >= 0.6 is 11.6 Å². The minimum absolute atomic E-state index is 0.0479. The molecule has 4 nitrogen and oxygen atoms in total. The van der Waals surface area contributed by atoms with Gasteiger partial charge in [-0.05, 0) is 11.6 Å². The van der Waals surface area contributed by atoms with E-state index in [1.165, 1.54) is 6.20 Å².